The number of hydrogen-bond donors (Lipinski definition) is 0. The molecule has 0 atom stereocenters. The van der Waals surface area contributed by atoms with Crippen LogP contribution in [0.15, 0.2) is 0 Å². The van der Waals surface area contributed by atoms with Gasteiger partial charge in [-0.25, -0.2) is 0 Å². The summed E-state index contributed by atoms with van der Waals surface area (Å²) in [7, 11) is 0. The first kappa shape index (κ1) is 8.86. The third-order valence-electron chi connectivity index (χ3n) is 6.45. The second-order valence-corrected chi connectivity index (χ2v) is 6.30. The lowest BCUT2D eigenvalue weighted by atomic mass is 9.21. The minimum Gasteiger partial charge on any atom is -0.380 e. The molecule has 0 N–H and O–H groups in total. The molecular formula is C12H16O4. The normalized spacial score (nSPS) is 42.0. The van der Waals surface area contributed by atoms with Crippen LogP contribution in [0.25, 0.3) is 0 Å². The quantitative estimate of drug-likeness (QED) is 0.583. The molecule has 4 aliphatic heterocycles. The molecule has 1 saturated carbocycles. The highest BCUT2D eigenvalue weighted by Gasteiger charge is 2.93. The van der Waals surface area contributed by atoms with Crippen molar-refractivity contribution in [3.05, 3.63) is 0 Å². The zero-order valence-electron chi connectivity index (χ0n) is 9.29. The summed E-state index contributed by atoms with van der Waals surface area (Å²) >= 11 is 0. The minimum absolute atomic E-state index is 0.361. The highest BCUT2D eigenvalue weighted by atomic mass is 16.5. The average Bonchev–Trinajstić information content (AvgIpc) is 1.89. The molecule has 0 aromatic carbocycles. The van der Waals surface area contributed by atoms with Crippen molar-refractivity contribution in [1.29, 1.82) is 0 Å². The highest BCUT2D eigenvalue weighted by molar-refractivity contribution is 5.37. The van der Waals surface area contributed by atoms with Crippen molar-refractivity contribution >= 4 is 0 Å². The van der Waals surface area contributed by atoms with Crippen LogP contribution < -0.4 is 0 Å². The molecule has 5 rings (SSSR count). The van der Waals surface area contributed by atoms with E-state index >= 15 is 0 Å². The Morgan fingerprint density at radius 1 is 0.375 bits per heavy atom. The van der Waals surface area contributed by atoms with Gasteiger partial charge in [0.1, 0.15) is 0 Å². The zero-order chi connectivity index (χ0) is 10.5. The van der Waals surface area contributed by atoms with E-state index in [0.29, 0.717) is 21.7 Å². The maximum atomic E-state index is 5.55. The van der Waals surface area contributed by atoms with E-state index < -0.39 is 0 Å². The molecule has 0 radical (unpaired) electrons. The van der Waals surface area contributed by atoms with Crippen LogP contribution >= 0.6 is 0 Å². The van der Waals surface area contributed by atoms with Crippen molar-refractivity contribution in [1.82, 2.24) is 0 Å². The minimum atomic E-state index is 0.361. The van der Waals surface area contributed by atoms with Gasteiger partial charge in [0.25, 0.3) is 0 Å². The summed E-state index contributed by atoms with van der Waals surface area (Å²) in [4.78, 5) is 0. The fourth-order valence-corrected chi connectivity index (χ4v) is 5.20. The van der Waals surface area contributed by atoms with Crippen LogP contribution in [-0.2, 0) is 18.9 Å². The van der Waals surface area contributed by atoms with Gasteiger partial charge in [-0.1, -0.05) is 0 Å². The van der Waals surface area contributed by atoms with E-state index in [4.69, 9.17) is 18.9 Å². The van der Waals surface area contributed by atoms with Gasteiger partial charge in [-0.2, -0.15) is 0 Å². The molecule has 0 aromatic heterocycles. The molecule has 5 aliphatic rings. The molecule has 4 heteroatoms. The summed E-state index contributed by atoms with van der Waals surface area (Å²) in [6.45, 7) is 7.34. The van der Waals surface area contributed by atoms with E-state index in [-0.39, 0.29) is 0 Å². The van der Waals surface area contributed by atoms with Crippen molar-refractivity contribution in [3.8, 4) is 0 Å². The number of hydrogen-bond acceptors (Lipinski definition) is 4. The summed E-state index contributed by atoms with van der Waals surface area (Å²) in [6, 6.07) is 0. The fourth-order valence-electron chi connectivity index (χ4n) is 5.20. The Morgan fingerprint density at radius 3 is 0.625 bits per heavy atom. The van der Waals surface area contributed by atoms with E-state index in [1.165, 1.54) is 0 Å². The second kappa shape index (κ2) is 2.21. The third-order valence-corrected chi connectivity index (χ3v) is 6.45. The predicted octanol–water partition coefficient (Wildman–Crippen LogP) is 0.0664. The Balaban J connectivity index is 1.66. The monoisotopic (exact) mass is 224 g/mol. The lowest BCUT2D eigenvalue weighted by Crippen LogP contribution is -2.96. The Labute approximate surface area is 94.2 Å². The lowest BCUT2D eigenvalue weighted by molar-refractivity contribution is -0.536. The van der Waals surface area contributed by atoms with E-state index in [1.807, 2.05) is 0 Å². The Bertz CT molecular complexity index is 273. The van der Waals surface area contributed by atoms with E-state index in [1.54, 1.807) is 0 Å². The van der Waals surface area contributed by atoms with Crippen molar-refractivity contribution < 1.29 is 18.9 Å². The molecule has 4 saturated heterocycles. The smallest absolute Gasteiger partial charge is 0.0559 e. The van der Waals surface area contributed by atoms with Gasteiger partial charge in [0, 0.05) is 21.7 Å². The molecule has 4 spiro atoms. The van der Waals surface area contributed by atoms with E-state index in [0.717, 1.165) is 52.9 Å². The third kappa shape index (κ3) is 0.496. The first-order chi connectivity index (χ1) is 7.83. The first-order valence-electron chi connectivity index (χ1n) is 6.14. The molecular weight excluding hydrogens is 208 g/mol. The standard InChI is InChI=1S/C12H16O4/c1-9(2-13-1)10(3-14-4-10)12(7-16-8-12)11(9)5-15-6-11/h1-8H2. The van der Waals surface area contributed by atoms with Crippen LogP contribution in [0.3, 0.4) is 0 Å². The number of ether oxygens (including phenoxy) is 4. The Hall–Kier alpha value is -0.160. The molecule has 0 amide bonds. The Kier molecular flexibility index (Phi) is 1.23. The molecule has 16 heavy (non-hydrogen) atoms. The van der Waals surface area contributed by atoms with Crippen LogP contribution in [-0.4, -0.2) is 52.9 Å². The van der Waals surface area contributed by atoms with Crippen LogP contribution in [0.4, 0.5) is 0 Å². The van der Waals surface area contributed by atoms with Gasteiger partial charge >= 0.3 is 0 Å². The Morgan fingerprint density at radius 2 is 0.562 bits per heavy atom. The lowest BCUT2D eigenvalue weighted by Gasteiger charge is -2.89. The molecule has 1 aliphatic carbocycles. The van der Waals surface area contributed by atoms with Crippen molar-refractivity contribution in [3.63, 3.8) is 0 Å². The number of fused-ring (bicyclic) bond motifs is 4. The van der Waals surface area contributed by atoms with Crippen molar-refractivity contribution in [2.45, 2.75) is 0 Å². The van der Waals surface area contributed by atoms with Gasteiger partial charge in [0.15, 0.2) is 0 Å². The maximum absolute atomic E-state index is 5.55. The molecule has 4 heterocycles. The van der Waals surface area contributed by atoms with Crippen molar-refractivity contribution in [2.24, 2.45) is 21.7 Å². The molecule has 0 bridgehead atoms. The van der Waals surface area contributed by atoms with Gasteiger partial charge in [-0.3, -0.25) is 0 Å². The zero-order valence-corrected chi connectivity index (χ0v) is 9.29. The van der Waals surface area contributed by atoms with Gasteiger partial charge in [0.2, 0.25) is 0 Å². The van der Waals surface area contributed by atoms with E-state index in [2.05, 4.69) is 0 Å². The average molecular weight is 224 g/mol. The van der Waals surface area contributed by atoms with Crippen LogP contribution in [0.2, 0.25) is 0 Å². The molecule has 0 aromatic rings. The SMILES string of the molecule is C1OCC12C1(COC1)C1(COC1)C21COC1. The topological polar surface area (TPSA) is 36.9 Å². The summed E-state index contributed by atoms with van der Waals surface area (Å²) in [5, 5.41) is 0. The second-order valence-electron chi connectivity index (χ2n) is 6.30. The van der Waals surface area contributed by atoms with Gasteiger partial charge in [-0.05, 0) is 0 Å². The first-order valence-corrected chi connectivity index (χ1v) is 6.14. The summed E-state index contributed by atoms with van der Waals surface area (Å²) in [5.41, 5.74) is 1.45. The van der Waals surface area contributed by atoms with Gasteiger partial charge in [-0.15, -0.1) is 0 Å². The summed E-state index contributed by atoms with van der Waals surface area (Å²) in [5.74, 6) is 0. The highest BCUT2D eigenvalue weighted by Crippen LogP contribution is 2.85. The molecule has 0 unspecified atom stereocenters. The maximum Gasteiger partial charge on any atom is 0.0559 e. The molecule has 5 fully saturated rings. The van der Waals surface area contributed by atoms with Crippen LogP contribution in [0, 0.1) is 21.7 Å². The van der Waals surface area contributed by atoms with Crippen LogP contribution in [0.5, 0.6) is 0 Å². The number of rotatable bonds is 0. The predicted molar refractivity (Wildman–Crippen MR) is 53.0 cm³/mol. The summed E-state index contributed by atoms with van der Waals surface area (Å²) in [6.07, 6.45) is 0. The van der Waals surface area contributed by atoms with E-state index in [9.17, 15) is 0 Å². The van der Waals surface area contributed by atoms with Crippen LogP contribution in [0.1, 0.15) is 0 Å². The molecule has 4 nitrogen and oxygen atoms in total. The fraction of sp³-hybridized carbons (Fsp3) is 1.00. The van der Waals surface area contributed by atoms with Crippen molar-refractivity contribution in [2.75, 3.05) is 52.9 Å². The van der Waals surface area contributed by atoms with Gasteiger partial charge in [0.05, 0.1) is 52.9 Å². The largest absolute Gasteiger partial charge is 0.380 e. The molecule has 88 valence electrons. The summed E-state index contributed by atoms with van der Waals surface area (Å²) < 4.78 is 22.2. The van der Waals surface area contributed by atoms with Gasteiger partial charge < -0.3 is 18.9 Å².